The largest absolute Gasteiger partial charge is 0.378 e. The van der Waals surface area contributed by atoms with Crippen LogP contribution in [0.4, 0.5) is 0 Å². The number of aryl methyl sites for hydroxylation is 2. The van der Waals surface area contributed by atoms with Crippen molar-refractivity contribution in [2.75, 3.05) is 26.3 Å². The molecular formula is C23H26N6O2. The van der Waals surface area contributed by atoms with Crippen molar-refractivity contribution in [3.63, 3.8) is 0 Å². The van der Waals surface area contributed by atoms with Crippen molar-refractivity contribution in [1.29, 1.82) is 0 Å². The Morgan fingerprint density at radius 2 is 2.00 bits per heavy atom. The summed E-state index contributed by atoms with van der Waals surface area (Å²) in [5.41, 5.74) is 7.08. The molecule has 8 nitrogen and oxygen atoms in total. The van der Waals surface area contributed by atoms with E-state index in [0.29, 0.717) is 6.04 Å². The molecule has 2 fully saturated rings. The molecule has 1 unspecified atom stereocenters. The molecule has 8 heteroatoms. The van der Waals surface area contributed by atoms with E-state index in [1.807, 2.05) is 22.2 Å². The topological polar surface area (TPSA) is 80.5 Å². The average Bonchev–Trinajstić information content (AvgIpc) is 3.30. The Kier molecular flexibility index (Phi) is 4.26. The highest BCUT2D eigenvalue weighted by Gasteiger charge is 2.32. The fourth-order valence-electron chi connectivity index (χ4n) is 5.15. The van der Waals surface area contributed by atoms with Gasteiger partial charge in [-0.3, -0.25) is 9.47 Å². The van der Waals surface area contributed by atoms with Crippen molar-refractivity contribution in [3.8, 4) is 11.1 Å². The molecule has 1 aromatic carbocycles. The van der Waals surface area contributed by atoms with Crippen LogP contribution in [0.3, 0.4) is 0 Å². The molecule has 160 valence electrons. The maximum absolute atomic E-state index is 13.0. The highest BCUT2D eigenvalue weighted by atomic mass is 16.5. The van der Waals surface area contributed by atoms with Gasteiger partial charge in [-0.25, -0.2) is 14.3 Å². The number of nitrogens with one attached hydrogen (secondary N) is 1. The van der Waals surface area contributed by atoms with E-state index in [-0.39, 0.29) is 11.7 Å². The number of aromatic nitrogens is 5. The van der Waals surface area contributed by atoms with Crippen LogP contribution in [0.2, 0.25) is 0 Å². The second-order valence-electron chi connectivity index (χ2n) is 8.91. The molecule has 0 radical (unpaired) electrons. The van der Waals surface area contributed by atoms with Crippen molar-refractivity contribution in [2.24, 2.45) is 0 Å². The molecule has 3 aromatic heterocycles. The van der Waals surface area contributed by atoms with E-state index < -0.39 is 0 Å². The van der Waals surface area contributed by atoms with Gasteiger partial charge in [0.25, 0.3) is 0 Å². The van der Waals surface area contributed by atoms with Gasteiger partial charge in [-0.1, -0.05) is 0 Å². The van der Waals surface area contributed by atoms with Crippen LogP contribution in [-0.4, -0.2) is 61.4 Å². The number of nitrogens with zero attached hydrogens (tertiary/aromatic N) is 5. The lowest BCUT2D eigenvalue weighted by Crippen LogP contribution is -2.53. The molecule has 1 atom stereocenters. The molecule has 31 heavy (non-hydrogen) atoms. The third-order valence-corrected chi connectivity index (χ3v) is 6.86. The van der Waals surface area contributed by atoms with E-state index >= 15 is 0 Å². The van der Waals surface area contributed by atoms with Crippen LogP contribution in [-0.2, 0) is 4.74 Å². The molecule has 0 amide bonds. The van der Waals surface area contributed by atoms with Crippen LogP contribution < -0.4 is 5.69 Å². The van der Waals surface area contributed by atoms with Gasteiger partial charge in [0.2, 0.25) is 0 Å². The fourth-order valence-corrected chi connectivity index (χ4v) is 5.15. The summed E-state index contributed by atoms with van der Waals surface area (Å²) < 4.78 is 9.17. The lowest BCUT2D eigenvalue weighted by Gasteiger charge is -2.42. The number of hydrogen-bond acceptors (Lipinski definition) is 5. The van der Waals surface area contributed by atoms with Crippen molar-refractivity contribution < 1.29 is 4.74 Å². The minimum absolute atomic E-state index is 0.0221. The predicted octanol–water partition coefficient (Wildman–Crippen LogP) is 2.69. The first-order valence-corrected chi connectivity index (χ1v) is 11.0. The van der Waals surface area contributed by atoms with Crippen LogP contribution >= 0.6 is 0 Å². The standard InChI is InChI=1S/C23H26N6O2/c1-14-7-21-20(8-19(14)16-6-15(2)22-24-13-25-28(22)9-16)26-23(30)29(21)17-4-3-5-27(10-17)18-11-31-12-18/h6-9,13,17-18H,3-5,10-12H2,1-2H3,(H,26,30). The SMILES string of the molecule is Cc1cc2c(cc1-c1cc(C)c3ncnn3c1)[nH]c(=O)n2C1CCCN(C2COC2)C1. The van der Waals surface area contributed by atoms with Gasteiger partial charge >= 0.3 is 5.69 Å². The van der Waals surface area contributed by atoms with Crippen LogP contribution in [0.25, 0.3) is 27.8 Å². The van der Waals surface area contributed by atoms with Crippen molar-refractivity contribution >= 4 is 16.7 Å². The number of likely N-dealkylation sites (tertiary alicyclic amines) is 1. The number of aromatic amines is 1. The Balaban J connectivity index is 1.42. The highest BCUT2D eigenvalue weighted by molar-refractivity contribution is 5.84. The Bertz CT molecular complexity index is 1350. The fraction of sp³-hybridized carbons (Fsp3) is 0.435. The van der Waals surface area contributed by atoms with Crippen molar-refractivity contribution in [1.82, 2.24) is 29.0 Å². The molecule has 2 saturated heterocycles. The van der Waals surface area contributed by atoms with Crippen LogP contribution in [0.1, 0.15) is 30.0 Å². The number of piperidine rings is 1. The van der Waals surface area contributed by atoms with Gasteiger partial charge in [0.05, 0.1) is 36.3 Å². The van der Waals surface area contributed by atoms with Gasteiger partial charge in [0, 0.05) is 18.3 Å². The predicted molar refractivity (Wildman–Crippen MR) is 118 cm³/mol. The van der Waals surface area contributed by atoms with Crippen molar-refractivity contribution in [2.45, 2.75) is 38.8 Å². The molecule has 0 aliphatic carbocycles. The first kappa shape index (κ1) is 18.8. The summed E-state index contributed by atoms with van der Waals surface area (Å²) in [6.07, 6.45) is 5.70. The second-order valence-corrected chi connectivity index (χ2v) is 8.91. The summed E-state index contributed by atoms with van der Waals surface area (Å²) in [5.74, 6) is 0. The summed E-state index contributed by atoms with van der Waals surface area (Å²) >= 11 is 0. The molecule has 4 aromatic rings. The number of hydrogen-bond donors (Lipinski definition) is 1. The summed E-state index contributed by atoms with van der Waals surface area (Å²) in [7, 11) is 0. The summed E-state index contributed by atoms with van der Waals surface area (Å²) in [6.45, 7) is 7.78. The van der Waals surface area contributed by atoms with E-state index in [0.717, 1.165) is 78.1 Å². The molecule has 6 rings (SSSR count). The zero-order chi connectivity index (χ0) is 21.1. The minimum atomic E-state index is -0.0221. The van der Waals surface area contributed by atoms with Gasteiger partial charge < -0.3 is 9.72 Å². The maximum atomic E-state index is 13.0. The maximum Gasteiger partial charge on any atom is 0.326 e. The van der Waals surface area contributed by atoms with Gasteiger partial charge in [0.1, 0.15) is 6.33 Å². The zero-order valence-electron chi connectivity index (χ0n) is 17.8. The van der Waals surface area contributed by atoms with Crippen LogP contribution in [0.5, 0.6) is 0 Å². The quantitative estimate of drug-likeness (QED) is 0.553. The molecule has 2 aliphatic heterocycles. The van der Waals surface area contributed by atoms with Crippen LogP contribution in [0.15, 0.2) is 35.5 Å². The smallest absolute Gasteiger partial charge is 0.326 e. The number of pyridine rings is 1. The Morgan fingerprint density at radius 1 is 1.13 bits per heavy atom. The summed E-state index contributed by atoms with van der Waals surface area (Å²) in [5, 5.41) is 4.30. The number of fused-ring (bicyclic) bond motifs is 2. The average molecular weight is 419 g/mol. The summed E-state index contributed by atoms with van der Waals surface area (Å²) in [6, 6.07) is 7.07. The normalized spacial score (nSPS) is 20.5. The number of rotatable bonds is 3. The van der Waals surface area contributed by atoms with Gasteiger partial charge in [0.15, 0.2) is 5.65 Å². The minimum Gasteiger partial charge on any atom is -0.378 e. The Labute approximate surface area is 179 Å². The number of H-pyrrole nitrogens is 1. The van der Waals surface area contributed by atoms with E-state index in [9.17, 15) is 4.79 Å². The van der Waals surface area contributed by atoms with Gasteiger partial charge in [-0.15, -0.1) is 0 Å². The zero-order valence-corrected chi connectivity index (χ0v) is 17.8. The third-order valence-electron chi connectivity index (χ3n) is 6.86. The van der Waals surface area contributed by atoms with E-state index in [4.69, 9.17) is 4.74 Å². The molecular weight excluding hydrogens is 392 g/mol. The molecule has 1 N–H and O–H groups in total. The van der Waals surface area contributed by atoms with Gasteiger partial charge in [-0.05, 0) is 68.1 Å². The lowest BCUT2D eigenvalue weighted by molar-refractivity contribution is -0.0751. The lowest BCUT2D eigenvalue weighted by atomic mass is 9.99. The molecule has 0 saturated carbocycles. The number of benzene rings is 1. The van der Waals surface area contributed by atoms with Crippen LogP contribution in [0, 0.1) is 13.8 Å². The Hall–Kier alpha value is -2.97. The first-order valence-electron chi connectivity index (χ1n) is 11.0. The van der Waals surface area contributed by atoms with Crippen molar-refractivity contribution in [3.05, 3.63) is 52.3 Å². The monoisotopic (exact) mass is 418 g/mol. The number of ether oxygens (including phenoxy) is 1. The third kappa shape index (κ3) is 3.01. The molecule has 0 spiro atoms. The van der Waals surface area contributed by atoms with E-state index in [2.05, 4.69) is 45.1 Å². The van der Waals surface area contributed by atoms with E-state index in [1.54, 1.807) is 6.33 Å². The second kappa shape index (κ2) is 7.03. The number of imidazole rings is 1. The first-order chi connectivity index (χ1) is 15.1. The summed E-state index contributed by atoms with van der Waals surface area (Å²) in [4.78, 5) is 22.9. The van der Waals surface area contributed by atoms with Gasteiger partial charge in [-0.2, -0.15) is 5.10 Å². The Morgan fingerprint density at radius 3 is 2.81 bits per heavy atom. The molecule has 2 aliphatic rings. The molecule has 0 bridgehead atoms. The molecule has 5 heterocycles. The highest BCUT2D eigenvalue weighted by Crippen LogP contribution is 2.31. The van der Waals surface area contributed by atoms with E-state index in [1.165, 1.54) is 0 Å².